The molecular weight excluding hydrogens is 626 g/mol. The van der Waals surface area contributed by atoms with Gasteiger partial charge in [-0.15, -0.1) is 0 Å². The van der Waals surface area contributed by atoms with E-state index >= 15 is 0 Å². The molecule has 0 aliphatic carbocycles. The van der Waals surface area contributed by atoms with Crippen LogP contribution in [0.1, 0.15) is 60.8 Å². The Morgan fingerprint density at radius 3 is 2.24 bits per heavy atom. The fourth-order valence-corrected chi connectivity index (χ4v) is 8.09. The molecule has 0 bridgehead atoms. The van der Waals surface area contributed by atoms with Crippen LogP contribution in [0.15, 0.2) is 36.4 Å². The van der Waals surface area contributed by atoms with Crippen LogP contribution in [-0.2, 0) is 31.9 Å². The number of hydrogen-bond donors (Lipinski definition) is 2. The van der Waals surface area contributed by atoms with Crippen molar-refractivity contribution in [1.82, 2.24) is 19.6 Å². The average molecular weight is 676 g/mol. The summed E-state index contributed by atoms with van der Waals surface area (Å²) in [4.78, 5) is 60.7. The van der Waals surface area contributed by atoms with Gasteiger partial charge in [-0.2, -0.15) is 0 Å². The number of rotatable bonds is 7. The fourth-order valence-electron chi connectivity index (χ4n) is 8.09. The van der Waals surface area contributed by atoms with E-state index in [2.05, 4.69) is 10.2 Å². The van der Waals surface area contributed by atoms with Crippen LogP contribution in [0.5, 0.6) is 5.75 Å². The third kappa shape index (κ3) is 7.64. The molecule has 0 spiro atoms. The Morgan fingerprint density at radius 1 is 0.898 bits per heavy atom. The van der Waals surface area contributed by atoms with Crippen LogP contribution in [0.3, 0.4) is 0 Å². The van der Waals surface area contributed by atoms with E-state index < -0.39 is 12.2 Å². The number of nitrogens with zero attached hydrogens (tertiary/aromatic N) is 4. The Hall–Kier alpha value is -4.32. The quantitative estimate of drug-likeness (QED) is 0.417. The van der Waals surface area contributed by atoms with Gasteiger partial charge in [0.15, 0.2) is 6.10 Å². The number of aromatic hydroxyl groups is 1. The largest absolute Gasteiger partial charge is 0.507 e. The van der Waals surface area contributed by atoms with Gasteiger partial charge in [0.2, 0.25) is 0 Å². The second-order valence-electron chi connectivity index (χ2n) is 13.9. The molecule has 12 nitrogen and oxygen atoms in total. The highest BCUT2D eigenvalue weighted by Gasteiger charge is 2.40. The number of phenolic OH excluding ortho intramolecular Hbond substituents is 1. The van der Waals surface area contributed by atoms with Crippen molar-refractivity contribution < 1.29 is 33.8 Å². The number of piperidine rings is 2. The number of methoxy groups -OCH3 is 1. The first-order valence-electron chi connectivity index (χ1n) is 17.7. The Balaban J connectivity index is 1.09. The lowest BCUT2D eigenvalue weighted by molar-refractivity contribution is -0.148. The molecule has 3 saturated heterocycles. The van der Waals surface area contributed by atoms with Crippen molar-refractivity contribution in [2.75, 3.05) is 51.7 Å². The summed E-state index contributed by atoms with van der Waals surface area (Å²) in [6.07, 6.45) is 3.78. The van der Waals surface area contributed by atoms with Gasteiger partial charge in [-0.25, -0.2) is 9.59 Å². The Kier molecular flexibility index (Phi) is 10.6. The first-order chi connectivity index (χ1) is 23.6. The van der Waals surface area contributed by atoms with Gasteiger partial charge in [0, 0.05) is 56.9 Å². The molecule has 0 unspecified atom stereocenters. The van der Waals surface area contributed by atoms with Crippen LogP contribution in [0.2, 0.25) is 0 Å². The molecule has 0 radical (unpaired) electrons. The molecule has 2 aromatic carbocycles. The van der Waals surface area contributed by atoms with Gasteiger partial charge in [-0.3, -0.25) is 14.5 Å². The van der Waals surface area contributed by atoms with E-state index in [1.807, 2.05) is 55.1 Å². The summed E-state index contributed by atoms with van der Waals surface area (Å²) in [6.45, 7) is 6.91. The van der Waals surface area contributed by atoms with Crippen LogP contribution in [0, 0.1) is 13.8 Å². The summed E-state index contributed by atoms with van der Waals surface area (Å²) in [6, 6.07) is 11.3. The maximum Gasteiger partial charge on any atom is 0.410 e. The highest BCUT2D eigenvalue weighted by Crippen LogP contribution is 2.29. The van der Waals surface area contributed by atoms with Crippen molar-refractivity contribution in [1.29, 1.82) is 0 Å². The Bertz CT molecular complexity index is 1530. The van der Waals surface area contributed by atoms with Crippen molar-refractivity contribution in [3.63, 3.8) is 0 Å². The summed E-state index contributed by atoms with van der Waals surface area (Å²) in [5.41, 5.74) is 4.15. The number of para-hydroxylation sites is 1. The molecule has 2 N–H and O–H groups in total. The zero-order chi connectivity index (χ0) is 34.7. The topological polar surface area (TPSA) is 132 Å². The van der Waals surface area contributed by atoms with Gasteiger partial charge < -0.3 is 34.6 Å². The molecule has 3 fully saturated rings. The van der Waals surface area contributed by atoms with Crippen LogP contribution in [-0.4, -0.2) is 119 Å². The second-order valence-corrected chi connectivity index (χ2v) is 13.9. The lowest BCUT2D eigenvalue weighted by Crippen LogP contribution is -2.53. The minimum atomic E-state index is -1.03. The van der Waals surface area contributed by atoms with Crippen molar-refractivity contribution in [3.05, 3.63) is 58.7 Å². The van der Waals surface area contributed by atoms with Gasteiger partial charge in [0.1, 0.15) is 11.8 Å². The van der Waals surface area contributed by atoms with E-state index in [9.17, 15) is 24.3 Å². The number of aryl methyl sites for hydroxylation is 2. The number of ether oxygens (including phenoxy) is 2. The van der Waals surface area contributed by atoms with E-state index in [0.717, 1.165) is 55.5 Å². The molecule has 6 rings (SSSR count). The number of carbonyl (C=O) groups excluding carboxylic acids is 4. The van der Waals surface area contributed by atoms with E-state index in [1.165, 1.54) is 7.11 Å². The summed E-state index contributed by atoms with van der Waals surface area (Å²) in [5.74, 6) is -0.230. The number of hydrogen-bond acceptors (Lipinski definition) is 8. The molecule has 264 valence electrons. The minimum absolute atomic E-state index is 0.00517. The smallest absolute Gasteiger partial charge is 0.410 e. The van der Waals surface area contributed by atoms with Crippen molar-refractivity contribution >= 4 is 29.7 Å². The zero-order valence-corrected chi connectivity index (χ0v) is 28.9. The minimum Gasteiger partial charge on any atom is -0.507 e. The fraction of sp³-hybridized carbons (Fsp3) is 0.568. The van der Waals surface area contributed by atoms with Gasteiger partial charge in [0.25, 0.3) is 5.91 Å². The first kappa shape index (κ1) is 34.5. The third-order valence-corrected chi connectivity index (χ3v) is 10.8. The SMILES string of the molecule is COC(=O)[C@H]1CCCN1C1CCN(C(=O)[C@@H](Cc2cc(C)c(O)c(C)c2)OC(=O)N2CCC(N3CCc4ccccc4NC3=O)CC2)CC1. The number of urea groups is 1. The summed E-state index contributed by atoms with van der Waals surface area (Å²) < 4.78 is 11.1. The average Bonchev–Trinajstić information content (AvgIpc) is 3.54. The van der Waals surface area contributed by atoms with Crippen molar-refractivity contribution in [2.45, 2.75) is 89.4 Å². The van der Waals surface area contributed by atoms with Crippen LogP contribution in [0.25, 0.3) is 0 Å². The number of anilines is 1. The highest BCUT2D eigenvalue weighted by molar-refractivity contribution is 5.91. The number of phenols is 1. The third-order valence-electron chi connectivity index (χ3n) is 10.8. The molecule has 4 aliphatic rings. The number of fused-ring (bicyclic) bond motifs is 1. The van der Waals surface area contributed by atoms with Gasteiger partial charge in [-0.1, -0.05) is 30.3 Å². The number of esters is 1. The number of carbonyl (C=O) groups is 4. The van der Waals surface area contributed by atoms with Crippen LogP contribution >= 0.6 is 0 Å². The first-order valence-corrected chi connectivity index (χ1v) is 17.7. The normalized spacial score (nSPS) is 21.5. The predicted molar refractivity (Wildman–Crippen MR) is 183 cm³/mol. The number of benzene rings is 2. The monoisotopic (exact) mass is 675 g/mol. The molecule has 2 aromatic rings. The number of amides is 4. The molecule has 0 saturated carbocycles. The Labute approximate surface area is 288 Å². The Morgan fingerprint density at radius 2 is 1.55 bits per heavy atom. The summed E-state index contributed by atoms with van der Waals surface area (Å²) in [5, 5.41) is 13.4. The molecular formula is C37H49N5O7. The van der Waals surface area contributed by atoms with Crippen molar-refractivity contribution in [2.24, 2.45) is 0 Å². The van der Waals surface area contributed by atoms with E-state index in [1.54, 1.807) is 9.80 Å². The molecule has 49 heavy (non-hydrogen) atoms. The van der Waals surface area contributed by atoms with Crippen LogP contribution in [0.4, 0.5) is 15.3 Å². The van der Waals surface area contributed by atoms with Crippen molar-refractivity contribution in [3.8, 4) is 5.75 Å². The van der Waals surface area contributed by atoms with E-state index in [-0.39, 0.29) is 48.2 Å². The van der Waals surface area contributed by atoms with Gasteiger partial charge in [-0.05, 0) is 93.7 Å². The van der Waals surface area contributed by atoms with E-state index in [4.69, 9.17) is 9.47 Å². The summed E-state index contributed by atoms with van der Waals surface area (Å²) in [7, 11) is 1.42. The molecule has 0 aromatic heterocycles. The predicted octanol–water partition coefficient (Wildman–Crippen LogP) is 4.24. The zero-order valence-electron chi connectivity index (χ0n) is 28.9. The summed E-state index contributed by atoms with van der Waals surface area (Å²) >= 11 is 0. The standard InChI is InChI=1S/C37H49N5O7/c1-24-21-26(22-25(2)33(24)43)23-32(34(44)39-16-11-28(12-17-39)41-15-6-9-31(41)35(45)48-3)49-37(47)40-18-13-29(14-19-40)42-20-10-27-7-4-5-8-30(27)38-36(42)46/h4-5,7-8,21-22,28-29,31-32,43H,6,9-20,23H2,1-3H3,(H,38,46)/t31-,32-/m1/s1. The van der Waals surface area contributed by atoms with E-state index in [0.29, 0.717) is 56.7 Å². The van der Waals surface area contributed by atoms with Gasteiger partial charge in [0.05, 0.1) is 7.11 Å². The highest BCUT2D eigenvalue weighted by atomic mass is 16.6. The number of likely N-dealkylation sites (tertiary alicyclic amines) is 3. The molecule has 4 aliphatic heterocycles. The lowest BCUT2D eigenvalue weighted by atomic mass is 9.98. The maximum absolute atomic E-state index is 14.1. The van der Waals surface area contributed by atoms with Crippen LogP contribution < -0.4 is 5.32 Å². The lowest BCUT2D eigenvalue weighted by Gasteiger charge is -2.40. The molecule has 12 heteroatoms. The number of nitrogens with one attached hydrogen (secondary N) is 1. The molecule has 2 atom stereocenters. The van der Waals surface area contributed by atoms with Gasteiger partial charge >= 0.3 is 18.1 Å². The second kappa shape index (κ2) is 15.1. The maximum atomic E-state index is 14.1. The molecule has 4 amide bonds. The molecule has 4 heterocycles.